The molecule has 6 heteroatoms. The van der Waals surface area contributed by atoms with E-state index in [1.807, 2.05) is 11.4 Å². The van der Waals surface area contributed by atoms with E-state index in [4.69, 9.17) is 5.11 Å². The van der Waals surface area contributed by atoms with E-state index in [9.17, 15) is 9.18 Å². The zero-order chi connectivity index (χ0) is 15.2. The van der Waals surface area contributed by atoms with Gasteiger partial charge in [-0.15, -0.1) is 11.3 Å². The summed E-state index contributed by atoms with van der Waals surface area (Å²) < 4.78 is 14.8. The second-order valence-corrected chi connectivity index (χ2v) is 5.88. The molecule has 108 valence electrons. The Morgan fingerprint density at radius 3 is 2.86 bits per heavy atom. The van der Waals surface area contributed by atoms with Gasteiger partial charge in [-0.05, 0) is 45.6 Å². The lowest BCUT2D eigenvalue weighted by Crippen LogP contribution is -2.23. The van der Waals surface area contributed by atoms with Crippen molar-refractivity contribution >= 4 is 33.2 Å². The summed E-state index contributed by atoms with van der Waals surface area (Å²) in [6.07, 6.45) is 0. The van der Waals surface area contributed by atoms with Crippen LogP contribution < -0.4 is 5.32 Å². The monoisotopic (exact) mass is 367 g/mol. The predicted octanol–water partition coefficient (Wildman–Crippen LogP) is 2.92. The van der Waals surface area contributed by atoms with Gasteiger partial charge in [-0.2, -0.15) is 0 Å². The molecule has 2 aromatic rings. The lowest BCUT2D eigenvalue weighted by molar-refractivity contribution is 0.0947. The highest BCUT2D eigenvalue weighted by Gasteiger charge is 2.12. The quantitative estimate of drug-likeness (QED) is 0.819. The van der Waals surface area contributed by atoms with Gasteiger partial charge in [0.15, 0.2) is 0 Å². The fraction of sp³-hybridized carbons (Fsp3) is 0.133. The third-order valence-electron chi connectivity index (χ3n) is 2.63. The number of aliphatic hydroxyl groups excluding tert-OH is 1. The number of hydrogen-bond donors (Lipinski definition) is 2. The van der Waals surface area contributed by atoms with Crippen molar-refractivity contribution in [3.05, 3.63) is 55.9 Å². The molecule has 1 aromatic heterocycles. The molecule has 21 heavy (non-hydrogen) atoms. The first-order valence-corrected chi connectivity index (χ1v) is 7.68. The maximum Gasteiger partial charge on any atom is 0.254 e. The number of carbonyl (C=O) groups excluding carboxylic acids is 1. The van der Waals surface area contributed by atoms with E-state index < -0.39 is 11.7 Å². The summed E-state index contributed by atoms with van der Waals surface area (Å²) in [6, 6.07) is 6.00. The maximum absolute atomic E-state index is 13.9. The molecule has 0 spiro atoms. The molecular weight excluding hydrogens is 357 g/mol. The molecule has 0 aliphatic rings. The van der Waals surface area contributed by atoms with Crippen LogP contribution in [0.5, 0.6) is 0 Å². The molecule has 0 saturated heterocycles. The molecule has 0 unspecified atom stereocenters. The largest absolute Gasteiger partial charge is 0.384 e. The van der Waals surface area contributed by atoms with Gasteiger partial charge in [0.25, 0.3) is 5.91 Å². The first kappa shape index (κ1) is 15.7. The summed E-state index contributed by atoms with van der Waals surface area (Å²) in [7, 11) is 0. The van der Waals surface area contributed by atoms with Gasteiger partial charge in [-0.3, -0.25) is 4.79 Å². The van der Waals surface area contributed by atoms with Crippen LogP contribution in [0.2, 0.25) is 0 Å². The Hall–Kier alpha value is -1.68. The number of amides is 1. The summed E-state index contributed by atoms with van der Waals surface area (Å²) in [5, 5.41) is 13.2. The van der Waals surface area contributed by atoms with Crippen molar-refractivity contribution < 1.29 is 14.3 Å². The molecule has 0 saturated carbocycles. The third-order valence-corrected chi connectivity index (χ3v) is 4.55. The van der Waals surface area contributed by atoms with Crippen molar-refractivity contribution in [1.82, 2.24) is 5.32 Å². The Kier molecular flexibility index (Phi) is 5.51. The van der Waals surface area contributed by atoms with E-state index in [0.29, 0.717) is 12.1 Å². The molecule has 0 radical (unpaired) electrons. The van der Waals surface area contributed by atoms with Crippen LogP contribution in [0.3, 0.4) is 0 Å². The number of rotatable bonds is 3. The van der Waals surface area contributed by atoms with E-state index >= 15 is 0 Å². The van der Waals surface area contributed by atoms with Crippen molar-refractivity contribution in [2.45, 2.75) is 6.54 Å². The minimum atomic E-state index is -0.637. The van der Waals surface area contributed by atoms with Crippen molar-refractivity contribution in [1.29, 1.82) is 0 Å². The SMILES string of the molecule is O=C(NCc1sccc1Br)c1ccc(C#CCO)cc1F. The van der Waals surface area contributed by atoms with Crippen molar-refractivity contribution in [2.75, 3.05) is 6.61 Å². The first-order chi connectivity index (χ1) is 10.1. The Bertz CT molecular complexity index is 718. The second kappa shape index (κ2) is 7.36. The Balaban J connectivity index is 2.07. The number of aliphatic hydroxyl groups is 1. The minimum absolute atomic E-state index is 0.0303. The normalized spacial score (nSPS) is 9.86. The van der Waals surface area contributed by atoms with Gasteiger partial charge in [-0.1, -0.05) is 11.8 Å². The summed E-state index contributed by atoms with van der Waals surface area (Å²) in [5.74, 6) is 3.90. The second-order valence-electron chi connectivity index (χ2n) is 4.03. The summed E-state index contributed by atoms with van der Waals surface area (Å²) in [5.41, 5.74) is 0.385. The highest BCUT2D eigenvalue weighted by molar-refractivity contribution is 9.10. The Morgan fingerprint density at radius 1 is 1.43 bits per heavy atom. The standard InChI is InChI=1S/C15H11BrFNO2S/c16-12-5-7-21-14(12)9-18-15(20)11-4-3-10(2-1-6-19)8-13(11)17/h3-5,7-8,19H,6,9H2,(H,18,20). The van der Waals surface area contributed by atoms with Gasteiger partial charge in [0.1, 0.15) is 12.4 Å². The minimum Gasteiger partial charge on any atom is -0.384 e. The molecule has 2 rings (SSSR count). The van der Waals surface area contributed by atoms with E-state index in [1.165, 1.54) is 23.5 Å². The molecule has 0 aliphatic heterocycles. The van der Waals surface area contributed by atoms with Crippen LogP contribution in [-0.4, -0.2) is 17.6 Å². The summed E-state index contributed by atoms with van der Waals surface area (Å²) in [6.45, 7) is 0.0438. The average molecular weight is 368 g/mol. The van der Waals surface area contributed by atoms with Gasteiger partial charge < -0.3 is 10.4 Å². The molecule has 1 amide bonds. The number of nitrogens with one attached hydrogen (secondary N) is 1. The number of benzene rings is 1. The molecule has 1 heterocycles. The van der Waals surface area contributed by atoms with Crippen LogP contribution in [-0.2, 0) is 6.54 Å². The third kappa shape index (κ3) is 4.14. The molecule has 0 fully saturated rings. The van der Waals surface area contributed by atoms with Crippen LogP contribution in [0.15, 0.2) is 34.1 Å². The van der Waals surface area contributed by atoms with Crippen LogP contribution in [0.1, 0.15) is 20.8 Å². The molecule has 0 aliphatic carbocycles. The maximum atomic E-state index is 13.9. The van der Waals surface area contributed by atoms with Crippen LogP contribution in [0, 0.1) is 17.7 Å². The fourth-order valence-electron chi connectivity index (χ4n) is 1.63. The smallest absolute Gasteiger partial charge is 0.254 e. The summed E-state index contributed by atoms with van der Waals surface area (Å²) >= 11 is 4.88. The van der Waals surface area contributed by atoms with Crippen molar-refractivity contribution in [3.8, 4) is 11.8 Å². The molecule has 0 bridgehead atoms. The van der Waals surface area contributed by atoms with Crippen molar-refractivity contribution in [2.24, 2.45) is 0 Å². The molecule has 3 nitrogen and oxygen atoms in total. The highest BCUT2D eigenvalue weighted by atomic mass is 79.9. The molecule has 1 aromatic carbocycles. The average Bonchev–Trinajstić information content (AvgIpc) is 2.88. The number of carbonyl (C=O) groups is 1. The van der Waals surface area contributed by atoms with Crippen molar-refractivity contribution in [3.63, 3.8) is 0 Å². The van der Waals surface area contributed by atoms with Crippen LogP contribution in [0.25, 0.3) is 0 Å². The van der Waals surface area contributed by atoms with Gasteiger partial charge >= 0.3 is 0 Å². The highest BCUT2D eigenvalue weighted by Crippen LogP contribution is 2.22. The summed E-state index contributed by atoms with van der Waals surface area (Å²) in [4.78, 5) is 12.9. The zero-order valence-corrected chi connectivity index (χ0v) is 13.2. The van der Waals surface area contributed by atoms with E-state index in [-0.39, 0.29) is 12.2 Å². The van der Waals surface area contributed by atoms with Crippen LogP contribution in [0.4, 0.5) is 4.39 Å². The Morgan fingerprint density at radius 2 is 2.24 bits per heavy atom. The lowest BCUT2D eigenvalue weighted by atomic mass is 10.1. The van der Waals surface area contributed by atoms with E-state index in [1.54, 1.807) is 6.07 Å². The van der Waals surface area contributed by atoms with Gasteiger partial charge in [0.2, 0.25) is 0 Å². The van der Waals surface area contributed by atoms with Gasteiger partial charge in [-0.25, -0.2) is 4.39 Å². The van der Waals surface area contributed by atoms with Gasteiger partial charge in [0, 0.05) is 14.9 Å². The van der Waals surface area contributed by atoms with E-state index in [2.05, 4.69) is 33.1 Å². The van der Waals surface area contributed by atoms with Crippen LogP contribution >= 0.6 is 27.3 Å². The number of thiophene rings is 1. The molecular formula is C15H11BrFNO2S. The molecule has 2 N–H and O–H groups in total. The number of hydrogen-bond acceptors (Lipinski definition) is 3. The van der Waals surface area contributed by atoms with E-state index in [0.717, 1.165) is 9.35 Å². The van der Waals surface area contributed by atoms with Gasteiger partial charge in [0.05, 0.1) is 12.1 Å². The number of halogens is 2. The fourth-order valence-corrected chi connectivity index (χ4v) is 3.06. The lowest BCUT2D eigenvalue weighted by Gasteiger charge is -2.06. The first-order valence-electron chi connectivity index (χ1n) is 6.01. The zero-order valence-electron chi connectivity index (χ0n) is 10.8. The predicted molar refractivity (Wildman–Crippen MR) is 83.6 cm³/mol. The topological polar surface area (TPSA) is 49.3 Å². The molecule has 0 atom stereocenters. The Labute approximate surface area is 133 Å².